The number of nitrogens with zero attached hydrogens (tertiary/aromatic N) is 3. The molecule has 0 spiro atoms. The van der Waals surface area contributed by atoms with Crippen LogP contribution in [0.15, 0.2) is 30.7 Å². The predicted molar refractivity (Wildman–Crippen MR) is 82.4 cm³/mol. The van der Waals surface area contributed by atoms with Gasteiger partial charge in [0.25, 0.3) is 5.91 Å². The lowest BCUT2D eigenvalue weighted by Crippen LogP contribution is -2.21. The number of aromatic nitrogens is 3. The van der Waals surface area contributed by atoms with E-state index in [0.29, 0.717) is 12.0 Å². The van der Waals surface area contributed by atoms with Gasteiger partial charge in [-0.25, -0.2) is 9.97 Å². The van der Waals surface area contributed by atoms with Crippen molar-refractivity contribution >= 4 is 17.5 Å². The van der Waals surface area contributed by atoms with Crippen molar-refractivity contribution in [1.82, 2.24) is 15.0 Å². The number of carbonyl (C=O) groups excluding carboxylic acids is 1. The second-order valence-corrected chi connectivity index (χ2v) is 5.41. The molecular formula is C15H14F3N5O2. The zero-order chi connectivity index (χ0) is 17.9. The van der Waals surface area contributed by atoms with E-state index in [1.807, 2.05) is 0 Å². The Bertz CT molecular complexity index is 765. The maximum absolute atomic E-state index is 12.3. The molecule has 0 aliphatic heterocycles. The number of hydrogen-bond donors (Lipinski definition) is 2. The second kappa shape index (κ2) is 6.91. The van der Waals surface area contributed by atoms with E-state index in [-0.39, 0.29) is 17.1 Å². The average Bonchev–Trinajstić information content (AvgIpc) is 3.37. The number of nitrogens with one attached hydrogen (secondary N) is 2. The molecule has 2 N–H and O–H groups in total. The third kappa shape index (κ3) is 5.03. The van der Waals surface area contributed by atoms with Crippen molar-refractivity contribution in [1.29, 1.82) is 0 Å². The first-order valence-corrected chi connectivity index (χ1v) is 7.45. The predicted octanol–water partition coefficient (Wildman–Crippen LogP) is 2.64. The molecule has 2 aromatic rings. The molecule has 1 aliphatic rings. The van der Waals surface area contributed by atoms with E-state index >= 15 is 0 Å². The summed E-state index contributed by atoms with van der Waals surface area (Å²) in [6, 6.07) is 2.96. The minimum absolute atomic E-state index is 0.0204. The minimum Gasteiger partial charge on any atom is -0.482 e. The van der Waals surface area contributed by atoms with Crippen LogP contribution in [0.1, 0.15) is 23.3 Å². The summed E-state index contributed by atoms with van der Waals surface area (Å²) in [4.78, 5) is 24.2. The van der Waals surface area contributed by atoms with Crippen LogP contribution in [0.5, 0.6) is 5.75 Å². The number of hydrogen-bond acceptors (Lipinski definition) is 6. The largest absolute Gasteiger partial charge is 0.482 e. The van der Waals surface area contributed by atoms with Crippen LogP contribution >= 0.6 is 0 Å². The highest BCUT2D eigenvalue weighted by Gasteiger charge is 2.29. The van der Waals surface area contributed by atoms with Crippen molar-refractivity contribution in [3.8, 4) is 5.75 Å². The summed E-state index contributed by atoms with van der Waals surface area (Å²) < 4.78 is 41.6. The van der Waals surface area contributed by atoms with Crippen LogP contribution in [0, 0.1) is 0 Å². The molecule has 3 rings (SSSR count). The Morgan fingerprint density at radius 2 is 2.08 bits per heavy atom. The molecule has 1 amide bonds. The van der Waals surface area contributed by atoms with Crippen molar-refractivity contribution in [2.75, 3.05) is 17.2 Å². The number of anilines is 2. The number of rotatable bonds is 6. The molecule has 7 nitrogen and oxygen atoms in total. The molecule has 2 aromatic heterocycles. The van der Waals surface area contributed by atoms with Crippen molar-refractivity contribution in [2.24, 2.45) is 0 Å². The first-order chi connectivity index (χ1) is 11.9. The molecule has 10 heteroatoms. The van der Waals surface area contributed by atoms with Gasteiger partial charge in [0, 0.05) is 24.5 Å². The third-order valence-corrected chi connectivity index (χ3v) is 3.22. The van der Waals surface area contributed by atoms with Gasteiger partial charge in [0.15, 0.2) is 6.61 Å². The lowest BCUT2D eigenvalue weighted by Gasteiger charge is -2.13. The lowest BCUT2D eigenvalue weighted by molar-refractivity contribution is -0.153. The van der Waals surface area contributed by atoms with Crippen LogP contribution in [-0.2, 0) is 0 Å². The normalized spacial score (nSPS) is 14.0. The van der Waals surface area contributed by atoms with Crippen molar-refractivity contribution < 1.29 is 22.7 Å². The molecule has 1 aliphatic carbocycles. The molecule has 0 atom stereocenters. The second-order valence-electron chi connectivity index (χ2n) is 5.41. The van der Waals surface area contributed by atoms with Gasteiger partial charge in [-0.2, -0.15) is 13.2 Å². The zero-order valence-corrected chi connectivity index (χ0v) is 12.9. The highest BCUT2D eigenvalue weighted by molar-refractivity contribution is 6.03. The maximum atomic E-state index is 12.3. The van der Waals surface area contributed by atoms with Gasteiger partial charge in [0.1, 0.15) is 17.1 Å². The number of halogens is 3. The van der Waals surface area contributed by atoms with Crippen LogP contribution in [0.2, 0.25) is 0 Å². The van der Waals surface area contributed by atoms with Crippen LogP contribution in [0.4, 0.5) is 24.8 Å². The SMILES string of the molecule is O=C(Nc1cnccc1OCC(F)(F)F)c1ccnc(NC2CC2)n1. The Labute approximate surface area is 140 Å². The average molecular weight is 353 g/mol. The summed E-state index contributed by atoms with van der Waals surface area (Å²) >= 11 is 0. The fourth-order valence-corrected chi connectivity index (χ4v) is 1.91. The number of ether oxygens (including phenoxy) is 1. The summed E-state index contributed by atoms with van der Waals surface area (Å²) in [7, 11) is 0. The van der Waals surface area contributed by atoms with Gasteiger partial charge in [0.2, 0.25) is 5.95 Å². The number of pyridine rings is 1. The van der Waals surface area contributed by atoms with Crippen molar-refractivity contribution in [3.63, 3.8) is 0 Å². The van der Waals surface area contributed by atoms with E-state index < -0.39 is 18.7 Å². The van der Waals surface area contributed by atoms with Gasteiger partial charge in [-0.1, -0.05) is 0 Å². The molecule has 0 bridgehead atoms. The summed E-state index contributed by atoms with van der Waals surface area (Å²) in [6.45, 7) is -1.47. The van der Waals surface area contributed by atoms with E-state index in [0.717, 1.165) is 12.8 Å². The molecule has 0 aromatic carbocycles. The monoisotopic (exact) mass is 353 g/mol. The Kier molecular flexibility index (Phi) is 4.68. The molecule has 0 radical (unpaired) electrons. The summed E-state index contributed by atoms with van der Waals surface area (Å²) in [5.41, 5.74) is 0.0934. The first-order valence-electron chi connectivity index (χ1n) is 7.45. The molecule has 25 heavy (non-hydrogen) atoms. The number of alkyl halides is 3. The minimum atomic E-state index is -4.49. The highest BCUT2D eigenvalue weighted by Crippen LogP contribution is 2.26. The van der Waals surface area contributed by atoms with E-state index in [9.17, 15) is 18.0 Å². The Hall–Kier alpha value is -2.91. The molecule has 1 fully saturated rings. The summed E-state index contributed by atoms with van der Waals surface area (Å²) in [6.07, 6.45) is 1.46. The fourth-order valence-electron chi connectivity index (χ4n) is 1.91. The van der Waals surface area contributed by atoms with E-state index in [1.165, 1.54) is 30.7 Å². The fraction of sp³-hybridized carbons (Fsp3) is 0.333. The van der Waals surface area contributed by atoms with E-state index in [4.69, 9.17) is 4.74 Å². The van der Waals surface area contributed by atoms with Crippen LogP contribution in [0.25, 0.3) is 0 Å². The standard InChI is InChI=1S/C15H14F3N5O2/c16-15(17,18)8-25-12-4-5-19-7-11(12)22-13(24)10-3-6-20-14(23-10)21-9-1-2-9/h3-7,9H,1-2,8H2,(H,22,24)(H,20,21,23). The van der Waals surface area contributed by atoms with Crippen LogP contribution in [-0.4, -0.2) is 39.7 Å². The van der Waals surface area contributed by atoms with Crippen molar-refractivity contribution in [3.05, 3.63) is 36.4 Å². The molecule has 1 saturated carbocycles. The molecule has 0 saturated heterocycles. The Balaban J connectivity index is 1.70. The topological polar surface area (TPSA) is 89.0 Å². The molecule has 132 valence electrons. The van der Waals surface area contributed by atoms with E-state index in [1.54, 1.807) is 0 Å². The number of carbonyl (C=O) groups is 1. The number of amides is 1. The van der Waals surface area contributed by atoms with Gasteiger partial charge in [-0.15, -0.1) is 0 Å². The smallest absolute Gasteiger partial charge is 0.422 e. The van der Waals surface area contributed by atoms with Gasteiger partial charge in [-0.05, 0) is 18.9 Å². The molecule has 0 unspecified atom stereocenters. The van der Waals surface area contributed by atoms with E-state index in [2.05, 4.69) is 25.6 Å². The summed E-state index contributed by atoms with van der Waals surface area (Å²) in [5, 5.41) is 5.51. The van der Waals surface area contributed by atoms with Crippen molar-refractivity contribution in [2.45, 2.75) is 25.1 Å². The van der Waals surface area contributed by atoms with Gasteiger partial charge in [-0.3, -0.25) is 9.78 Å². The lowest BCUT2D eigenvalue weighted by atomic mass is 10.3. The zero-order valence-electron chi connectivity index (χ0n) is 12.9. The highest BCUT2D eigenvalue weighted by atomic mass is 19.4. The quantitative estimate of drug-likeness (QED) is 0.830. The third-order valence-electron chi connectivity index (χ3n) is 3.22. The Morgan fingerprint density at radius 3 is 2.80 bits per heavy atom. The Morgan fingerprint density at radius 1 is 1.28 bits per heavy atom. The van der Waals surface area contributed by atoms with Gasteiger partial charge in [0.05, 0.1) is 6.20 Å². The van der Waals surface area contributed by atoms with Crippen LogP contribution < -0.4 is 15.4 Å². The van der Waals surface area contributed by atoms with Gasteiger partial charge >= 0.3 is 6.18 Å². The van der Waals surface area contributed by atoms with Gasteiger partial charge < -0.3 is 15.4 Å². The van der Waals surface area contributed by atoms with Crippen LogP contribution in [0.3, 0.4) is 0 Å². The molecular weight excluding hydrogens is 339 g/mol. The summed E-state index contributed by atoms with van der Waals surface area (Å²) in [5.74, 6) is -0.410. The maximum Gasteiger partial charge on any atom is 0.422 e. The molecule has 2 heterocycles. The first kappa shape index (κ1) is 16.9.